The lowest BCUT2D eigenvalue weighted by Gasteiger charge is -1.81. The van der Waals surface area contributed by atoms with Crippen molar-refractivity contribution in [2.75, 3.05) is 6.26 Å². The maximum Gasteiger partial charge on any atom is 0.261 e. The first-order valence-corrected chi connectivity index (χ1v) is 4.26. The zero-order chi connectivity index (χ0) is 8.08. The van der Waals surface area contributed by atoms with E-state index in [9.17, 15) is 8.42 Å². The summed E-state index contributed by atoms with van der Waals surface area (Å²) in [7, 11) is -3.67. The maximum atomic E-state index is 9.19. The van der Waals surface area contributed by atoms with Gasteiger partial charge in [-0.2, -0.15) is 8.42 Å². The molecule has 58 valence electrons. The summed E-state index contributed by atoms with van der Waals surface area (Å²) in [6.45, 7) is 3.89. The molecule has 0 aromatic rings. The summed E-state index contributed by atoms with van der Waals surface area (Å²) < 4.78 is 25.9. The summed E-state index contributed by atoms with van der Waals surface area (Å²) >= 11 is 0. The molecule has 0 aromatic carbocycles. The molecule has 0 rings (SSSR count). The van der Waals surface area contributed by atoms with Gasteiger partial charge in [-0.25, -0.2) is 0 Å². The van der Waals surface area contributed by atoms with Crippen LogP contribution < -0.4 is 5.73 Å². The van der Waals surface area contributed by atoms with Crippen LogP contribution >= 0.6 is 0 Å². The van der Waals surface area contributed by atoms with E-state index in [4.69, 9.17) is 10.3 Å². The van der Waals surface area contributed by atoms with Crippen molar-refractivity contribution in [3.8, 4) is 0 Å². The second-order valence-electron chi connectivity index (χ2n) is 1.98. The maximum absolute atomic E-state index is 9.19. The van der Waals surface area contributed by atoms with Crippen molar-refractivity contribution < 1.29 is 13.0 Å². The van der Waals surface area contributed by atoms with E-state index in [1.807, 2.05) is 13.8 Å². The van der Waals surface area contributed by atoms with E-state index in [1.54, 1.807) is 0 Å². The van der Waals surface area contributed by atoms with Gasteiger partial charge in [0, 0.05) is 0 Å². The molecule has 0 bridgehead atoms. The monoisotopic (exact) mass is 155 g/mol. The van der Waals surface area contributed by atoms with Gasteiger partial charge >= 0.3 is 0 Å². The van der Waals surface area contributed by atoms with Gasteiger partial charge in [0.2, 0.25) is 0 Å². The third-order valence-corrected chi connectivity index (χ3v) is 0. The molecule has 0 atom stereocenters. The SMILES string of the molecule is CC(C)N.CS(=O)(=O)O. The summed E-state index contributed by atoms with van der Waals surface area (Å²) in [5.41, 5.74) is 5.11. The zero-order valence-corrected chi connectivity index (χ0v) is 6.64. The number of rotatable bonds is 0. The average Bonchev–Trinajstić information content (AvgIpc) is 1.19. The fourth-order valence-corrected chi connectivity index (χ4v) is 0. The molecule has 3 N–H and O–H groups in total. The number of hydrogen-bond acceptors (Lipinski definition) is 3. The summed E-state index contributed by atoms with van der Waals surface area (Å²) in [5.74, 6) is 0. The van der Waals surface area contributed by atoms with Crippen LogP contribution in [-0.2, 0) is 10.1 Å². The first-order chi connectivity index (χ1) is 3.73. The second kappa shape index (κ2) is 4.72. The summed E-state index contributed by atoms with van der Waals surface area (Å²) in [6.07, 6.45) is 0.715. The van der Waals surface area contributed by atoms with Crippen LogP contribution in [0.4, 0.5) is 0 Å². The van der Waals surface area contributed by atoms with Gasteiger partial charge < -0.3 is 5.73 Å². The highest BCUT2D eigenvalue weighted by molar-refractivity contribution is 7.85. The predicted octanol–water partition coefficient (Wildman–Crippen LogP) is -0.142. The van der Waals surface area contributed by atoms with Gasteiger partial charge in [0.05, 0.1) is 6.26 Å². The first kappa shape index (κ1) is 11.6. The molecule has 0 fully saturated rings. The molecular formula is C4H13NO3S. The Morgan fingerprint density at radius 2 is 1.44 bits per heavy atom. The van der Waals surface area contributed by atoms with Crippen molar-refractivity contribution in [3.05, 3.63) is 0 Å². The quantitative estimate of drug-likeness (QED) is 0.477. The Bertz CT molecular complexity index is 127. The third kappa shape index (κ3) is 16000. The van der Waals surface area contributed by atoms with E-state index in [2.05, 4.69) is 0 Å². The second-order valence-corrected chi connectivity index (χ2v) is 3.44. The number of hydrogen-bond donors (Lipinski definition) is 2. The van der Waals surface area contributed by atoms with E-state index in [1.165, 1.54) is 0 Å². The Balaban J connectivity index is 0. The van der Waals surface area contributed by atoms with E-state index in [0.717, 1.165) is 0 Å². The Labute approximate surface area is 55.8 Å². The van der Waals surface area contributed by atoms with E-state index < -0.39 is 10.1 Å². The minimum atomic E-state index is -3.67. The highest BCUT2D eigenvalue weighted by Crippen LogP contribution is 1.60. The average molecular weight is 155 g/mol. The van der Waals surface area contributed by atoms with Crippen LogP contribution in [0.25, 0.3) is 0 Å². The van der Waals surface area contributed by atoms with Crippen LogP contribution in [0.1, 0.15) is 13.8 Å². The molecule has 0 aliphatic heterocycles. The fraction of sp³-hybridized carbons (Fsp3) is 1.00. The molecule has 0 unspecified atom stereocenters. The van der Waals surface area contributed by atoms with Crippen LogP contribution in [0.2, 0.25) is 0 Å². The lowest BCUT2D eigenvalue weighted by molar-refractivity contribution is 0.490. The van der Waals surface area contributed by atoms with Crippen LogP contribution in [0.3, 0.4) is 0 Å². The lowest BCUT2D eigenvalue weighted by atomic mass is 10.5. The van der Waals surface area contributed by atoms with E-state index in [0.29, 0.717) is 12.3 Å². The van der Waals surface area contributed by atoms with Gasteiger partial charge in [0.1, 0.15) is 0 Å². The fourth-order valence-electron chi connectivity index (χ4n) is 0. The molecule has 9 heavy (non-hydrogen) atoms. The van der Waals surface area contributed by atoms with Crippen molar-refractivity contribution >= 4 is 10.1 Å². The van der Waals surface area contributed by atoms with E-state index in [-0.39, 0.29) is 0 Å². The molecule has 0 aliphatic carbocycles. The standard InChI is InChI=1S/C3H9N.CH4O3S/c1-3(2)4;1-5(2,3)4/h3H,4H2,1-2H3;1H3,(H,2,3,4). The van der Waals surface area contributed by atoms with Gasteiger partial charge in [0.15, 0.2) is 0 Å². The van der Waals surface area contributed by atoms with Gasteiger partial charge in [-0.05, 0) is 6.04 Å². The predicted molar refractivity (Wildman–Crippen MR) is 36.8 cm³/mol. The molecule has 0 spiro atoms. The van der Waals surface area contributed by atoms with Crippen molar-refractivity contribution in [1.82, 2.24) is 0 Å². The molecule has 0 amide bonds. The van der Waals surface area contributed by atoms with Gasteiger partial charge in [-0.3, -0.25) is 4.55 Å². The van der Waals surface area contributed by atoms with Crippen LogP contribution in [0.5, 0.6) is 0 Å². The van der Waals surface area contributed by atoms with Gasteiger partial charge in [0.25, 0.3) is 10.1 Å². The smallest absolute Gasteiger partial charge is 0.261 e. The molecule has 0 aliphatic rings. The van der Waals surface area contributed by atoms with Crippen molar-refractivity contribution in [3.63, 3.8) is 0 Å². The minimum absolute atomic E-state index is 0.333. The Morgan fingerprint density at radius 1 is 1.44 bits per heavy atom. The molecular weight excluding hydrogens is 142 g/mol. The normalized spacial score (nSPS) is 10.4. The highest BCUT2D eigenvalue weighted by atomic mass is 32.2. The topological polar surface area (TPSA) is 80.4 Å². The van der Waals surface area contributed by atoms with Crippen molar-refractivity contribution in [2.24, 2.45) is 5.73 Å². The lowest BCUT2D eigenvalue weighted by Crippen LogP contribution is -2.06. The van der Waals surface area contributed by atoms with Crippen LogP contribution in [-0.4, -0.2) is 25.3 Å². The molecule has 0 saturated carbocycles. The summed E-state index contributed by atoms with van der Waals surface area (Å²) in [5, 5.41) is 0. The molecule has 0 aromatic heterocycles. The first-order valence-electron chi connectivity index (χ1n) is 2.41. The van der Waals surface area contributed by atoms with E-state index >= 15 is 0 Å². The minimum Gasteiger partial charge on any atom is -0.328 e. The van der Waals surface area contributed by atoms with Crippen LogP contribution in [0, 0.1) is 0 Å². The molecule has 5 heteroatoms. The Kier molecular flexibility index (Phi) is 6.11. The Hall–Kier alpha value is -0.130. The largest absolute Gasteiger partial charge is 0.328 e. The zero-order valence-electron chi connectivity index (χ0n) is 5.83. The Morgan fingerprint density at radius 3 is 1.44 bits per heavy atom. The summed E-state index contributed by atoms with van der Waals surface area (Å²) in [4.78, 5) is 0. The highest BCUT2D eigenvalue weighted by Gasteiger charge is 1.81. The third-order valence-electron chi connectivity index (χ3n) is 0. The molecule has 0 saturated heterocycles. The van der Waals surface area contributed by atoms with Crippen molar-refractivity contribution in [2.45, 2.75) is 19.9 Å². The molecule has 0 radical (unpaired) electrons. The molecule has 0 heterocycles. The van der Waals surface area contributed by atoms with Crippen LogP contribution in [0.15, 0.2) is 0 Å². The number of nitrogens with two attached hydrogens (primary N) is 1. The summed E-state index contributed by atoms with van der Waals surface area (Å²) in [6, 6.07) is 0.333. The van der Waals surface area contributed by atoms with Gasteiger partial charge in [-0.1, -0.05) is 13.8 Å². The van der Waals surface area contributed by atoms with Crippen molar-refractivity contribution in [1.29, 1.82) is 0 Å². The molecule has 4 nitrogen and oxygen atoms in total. The van der Waals surface area contributed by atoms with Gasteiger partial charge in [-0.15, -0.1) is 0 Å².